The molecule has 18 heavy (non-hydrogen) atoms. The molecule has 0 atom stereocenters. The van der Waals surface area contributed by atoms with Gasteiger partial charge in [0.15, 0.2) is 0 Å². The lowest BCUT2D eigenvalue weighted by Gasteiger charge is -2.07. The van der Waals surface area contributed by atoms with Crippen LogP contribution in [0.2, 0.25) is 5.02 Å². The Morgan fingerprint density at radius 2 is 1.78 bits per heavy atom. The number of rotatable bonds is 2. The van der Waals surface area contributed by atoms with Crippen molar-refractivity contribution in [1.82, 2.24) is 4.98 Å². The van der Waals surface area contributed by atoms with Crippen LogP contribution in [0, 0.1) is 0 Å². The molecule has 90 valence electrons. The quantitative estimate of drug-likeness (QED) is 0.719. The van der Waals surface area contributed by atoms with Gasteiger partial charge < -0.3 is 9.72 Å². The number of fused-ring (bicyclic) bond motifs is 1. The Hall–Kier alpha value is -1.93. The van der Waals surface area contributed by atoms with Gasteiger partial charge >= 0.3 is 0 Å². The lowest BCUT2D eigenvalue weighted by atomic mass is 10.0. The Morgan fingerprint density at radius 1 is 1.00 bits per heavy atom. The topological polar surface area (TPSA) is 25.0 Å². The van der Waals surface area contributed by atoms with Gasteiger partial charge in [0.25, 0.3) is 0 Å². The van der Waals surface area contributed by atoms with Gasteiger partial charge in [-0.1, -0.05) is 23.7 Å². The van der Waals surface area contributed by atoms with Crippen molar-refractivity contribution in [2.45, 2.75) is 0 Å². The zero-order valence-corrected chi connectivity index (χ0v) is 10.7. The van der Waals surface area contributed by atoms with E-state index in [-0.39, 0.29) is 0 Å². The van der Waals surface area contributed by atoms with E-state index in [0.29, 0.717) is 10.8 Å². The van der Waals surface area contributed by atoms with E-state index in [9.17, 15) is 0 Å². The number of H-pyrrole nitrogens is 1. The predicted molar refractivity (Wildman–Crippen MR) is 75.3 cm³/mol. The van der Waals surface area contributed by atoms with Crippen LogP contribution in [-0.4, -0.2) is 12.1 Å². The van der Waals surface area contributed by atoms with E-state index in [1.54, 1.807) is 7.11 Å². The van der Waals surface area contributed by atoms with Crippen molar-refractivity contribution < 1.29 is 4.74 Å². The molecule has 0 fully saturated rings. The van der Waals surface area contributed by atoms with Gasteiger partial charge in [-0.2, -0.15) is 0 Å². The fourth-order valence-electron chi connectivity index (χ4n) is 2.07. The summed E-state index contributed by atoms with van der Waals surface area (Å²) in [6, 6.07) is 14.2. The smallest absolute Gasteiger partial charge is 0.138 e. The number of hydrogen-bond donors (Lipinski definition) is 1. The summed E-state index contributed by atoms with van der Waals surface area (Å²) < 4.78 is 5.24. The van der Waals surface area contributed by atoms with E-state index < -0.39 is 0 Å². The van der Waals surface area contributed by atoms with E-state index >= 15 is 0 Å². The third kappa shape index (κ3) is 1.85. The first-order valence-electron chi connectivity index (χ1n) is 5.69. The third-order valence-electron chi connectivity index (χ3n) is 3.04. The maximum atomic E-state index is 6.03. The minimum atomic E-state index is 0.629. The van der Waals surface area contributed by atoms with Gasteiger partial charge in [0.05, 0.1) is 12.1 Å². The van der Waals surface area contributed by atoms with E-state index in [2.05, 4.69) is 29.2 Å². The molecule has 0 amide bonds. The molecule has 2 aromatic carbocycles. The molecular formula is C15H12ClNO. The molecule has 3 heteroatoms. The number of ether oxygens (including phenoxy) is 1. The van der Waals surface area contributed by atoms with Crippen LogP contribution in [0.15, 0.2) is 48.7 Å². The van der Waals surface area contributed by atoms with E-state index in [1.807, 2.05) is 24.4 Å². The molecular weight excluding hydrogens is 246 g/mol. The van der Waals surface area contributed by atoms with E-state index in [4.69, 9.17) is 16.3 Å². The van der Waals surface area contributed by atoms with E-state index in [0.717, 1.165) is 16.6 Å². The summed E-state index contributed by atoms with van der Waals surface area (Å²) in [4.78, 5) is 3.18. The Morgan fingerprint density at radius 3 is 2.61 bits per heavy atom. The molecule has 0 radical (unpaired) electrons. The Bertz CT molecular complexity index is 703. The lowest BCUT2D eigenvalue weighted by molar-refractivity contribution is 0.415. The molecule has 1 aromatic heterocycles. The highest BCUT2D eigenvalue weighted by Gasteiger charge is 2.05. The maximum absolute atomic E-state index is 6.03. The minimum absolute atomic E-state index is 0.629. The van der Waals surface area contributed by atoms with Gasteiger partial charge in [-0.3, -0.25) is 0 Å². The fourth-order valence-corrected chi connectivity index (χ4v) is 2.27. The van der Waals surface area contributed by atoms with E-state index in [1.165, 1.54) is 5.39 Å². The van der Waals surface area contributed by atoms with Crippen LogP contribution in [-0.2, 0) is 0 Å². The number of halogens is 1. The number of benzene rings is 2. The second-order valence-corrected chi connectivity index (χ2v) is 4.54. The molecule has 0 aliphatic heterocycles. The average Bonchev–Trinajstić information content (AvgIpc) is 2.86. The van der Waals surface area contributed by atoms with Crippen LogP contribution < -0.4 is 4.74 Å². The number of methoxy groups -OCH3 is 1. The summed E-state index contributed by atoms with van der Waals surface area (Å²) in [5, 5.41) is 1.82. The summed E-state index contributed by atoms with van der Waals surface area (Å²) in [5.74, 6) is 0.698. The molecule has 1 heterocycles. The lowest BCUT2D eigenvalue weighted by Crippen LogP contribution is -1.85. The molecule has 0 saturated carbocycles. The second-order valence-electron chi connectivity index (χ2n) is 4.13. The van der Waals surface area contributed by atoms with Crippen molar-refractivity contribution in [1.29, 1.82) is 0 Å². The van der Waals surface area contributed by atoms with Crippen LogP contribution >= 0.6 is 11.6 Å². The maximum Gasteiger partial charge on any atom is 0.138 e. The predicted octanol–water partition coefficient (Wildman–Crippen LogP) is 4.50. The first-order chi connectivity index (χ1) is 8.78. The Kier molecular flexibility index (Phi) is 2.73. The van der Waals surface area contributed by atoms with Gasteiger partial charge in [0.2, 0.25) is 0 Å². The summed E-state index contributed by atoms with van der Waals surface area (Å²) >= 11 is 6.03. The molecule has 0 unspecified atom stereocenters. The van der Waals surface area contributed by atoms with Crippen molar-refractivity contribution in [2.24, 2.45) is 0 Å². The van der Waals surface area contributed by atoms with Crippen LogP contribution in [0.3, 0.4) is 0 Å². The Balaban J connectivity index is 2.13. The molecule has 0 spiro atoms. The first-order valence-corrected chi connectivity index (χ1v) is 6.07. The monoisotopic (exact) mass is 257 g/mol. The van der Waals surface area contributed by atoms with Crippen LogP contribution in [0.5, 0.6) is 5.75 Å². The zero-order chi connectivity index (χ0) is 12.5. The van der Waals surface area contributed by atoms with Crippen molar-refractivity contribution in [2.75, 3.05) is 7.11 Å². The number of aromatic amines is 1. The third-order valence-corrected chi connectivity index (χ3v) is 3.35. The van der Waals surface area contributed by atoms with Crippen LogP contribution in [0.4, 0.5) is 0 Å². The molecule has 0 bridgehead atoms. The highest BCUT2D eigenvalue weighted by atomic mass is 35.5. The summed E-state index contributed by atoms with van der Waals surface area (Å²) in [6.45, 7) is 0. The summed E-state index contributed by atoms with van der Waals surface area (Å²) in [7, 11) is 1.63. The van der Waals surface area contributed by atoms with Crippen molar-refractivity contribution in [3.05, 3.63) is 53.7 Å². The largest absolute Gasteiger partial charge is 0.495 e. The number of hydrogen-bond acceptors (Lipinski definition) is 1. The first kappa shape index (κ1) is 11.2. The molecule has 0 aliphatic carbocycles. The normalized spacial score (nSPS) is 10.8. The van der Waals surface area contributed by atoms with Crippen molar-refractivity contribution in [3.8, 4) is 16.9 Å². The molecule has 1 N–H and O–H groups in total. The standard InChI is InChI=1S/C15H12ClNO/c1-18-15-9-11(2-4-13(15)16)10-3-5-14-12(8-10)6-7-17-14/h2-9,17H,1H3. The highest BCUT2D eigenvalue weighted by Crippen LogP contribution is 2.31. The van der Waals surface area contributed by atoms with Crippen LogP contribution in [0.1, 0.15) is 0 Å². The molecule has 3 aromatic rings. The number of aromatic nitrogens is 1. The van der Waals surface area contributed by atoms with Crippen molar-refractivity contribution in [3.63, 3.8) is 0 Å². The number of nitrogens with one attached hydrogen (secondary N) is 1. The van der Waals surface area contributed by atoms with Gasteiger partial charge in [-0.05, 0) is 46.8 Å². The molecule has 0 saturated heterocycles. The minimum Gasteiger partial charge on any atom is -0.495 e. The summed E-state index contributed by atoms with van der Waals surface area (Å²) in [6.07, 6.45) is 1.94. The average molecular weight is 258 g/mol. The van der Waals surface area contributed by atoms with Crippen molar-refractivity contribution >= 4 is 22.5 Å². The van der Waals surface area contributed by atoms with Gasteiger partial charge in [0.1, 0.15) is 5.75 Å². The highest BCUT2D eigenvalue weighted by molar-refractivity contribution is 6.32. The summed E-state index contributed by atoms with van der Waals surface area (Å²) in [5.41, 5.74) is 3.39. The second kappa shape index (κ2) is 4.39. The fraction of sp³-hybridized carbons (Fsp3) is 0.0667. The Labute approximate surface area is 110 Å². The molecule has 3 rings (SSSR count). The molecule has 2 nitrogen and oxygen atoms in total. The molecule has 0 aliphatic rings. The van der Waals surface area contributed by atoms with Crippen LogP contribution in [0.25, 0.3) is 22.0 Å². The van der Waals surface area contributed by atoms with Gasteiger partial charge in [-0.15, -0.1) is 0 Å². The SMILES string of the molecule is COc1cc(-c2ccc3[nH]ccc3c2)ccc1Cl. The van der Waals surface area contributed by atoms with Gasteiger partial charge in [-0.25, -0.2) is 0 Å². The zero-order valence-electron chi connectivity index (χ0n) is 9.91. The van der Waals surface area contributed by atoms with Gasteiger partial charge in [0, 0.05) is 11.7 Å².